The molecule has 6 rings (SSSR count). The Balaban J connectivity index is 1.39. The van der Waals surface area contributed by atoms with Crippen LogP contribution in [0, 0.1) is 34.6 Å². The SMILES string of the molecule is CC1=CC=CC(N(c2cccc(C)c2)c2ccc(-c3ccc(N(c4cccc(C)c4)c4cccc(C)c4)cc3C)c(C)c2)C=C1. The Morgan fingerprint density at radius 3 is 1.49 bits per heavy atom. The van der Waals surface area contributed by atoms with Gasteiger partial charge in [-0.05, 0) is 141 Å². The number of anilines is 5. The maximum Gasteiger partial charge on any atom is 0.0712 e. The molecule has 0 N–H and O–H groups in total. The molecule has 1 atom stereocenters. The lowest BCUT2D eigenvalue weighted by molar-refractivity contribution is 0.941. The van der Waals surface area contributed by atoms with Crippen molar-refractivity contribution >= 4 is 28.4 Å². The summed E-state index contributed by atoms with van der Waals surface area (Å²) in [5.74, 6) is 0. The van der Waals surface area contributed by atoms with Crippen molar-refractivity contribution in [3.05, 3.63) is 173 Å². The molecular formula is C43H42N2. The van der Waals surface area contributed by atoms with Crippen LogP contribution in [0.4, 0.5) is 28.4 Å². The van der Waals surface area contributed by atoms with Crippen LogP contribution in [0.15, 0.2) is 145 Å². The standard InChI is InChI=1S/C43H42N2/c1-30-11-7-15-36(20-19-30)44(37-16-8-12-31(2)25-37)40-21-23-42(34(5)28-40)43-24-22-41(29-35(43)6)45(38-17-9-13-32(3)26-38)39-18-10-14-33(4)27-39/h7-29,36H,1-6H3. The smallest absolute Gasteiger partial charge is 0.0712 e. The molecule has 0 spiro atoms. The van der Waals surface area contributed by atoms with Crippen LogP contribution in [0.3, 0.4) is 0 Å². The van der Waals surface area contributed by atoms with Crippen molar-refractivity contribution in [3.63, 3.8) is 0 Å². The van der Waals surface area contributed by atoms with Gasteiger partial charge in [0.25, 0.3) is 0 Å². The fourth-order valence-corrected chi connectivity index (χ4v) is 6.30. The van der Waals surface area contributed by atoms with Crippen LogP contribution in [0.5, 0.6) is 0 Å². The van der Waals surface area contributed by atoms with Gasteiger partial charge in [0.15, 0.2) is 0 Å². The molecule has 0 saturated heterocycles. The molecule has 224 valence electrons. The number of aryl methyl sites for hydroxylation is 5. The molecule has 0 fully saturated rings. The fraction of sp³-hybridized carbons (Fsp3) is 0.163. The highest BCUT2D eigenvalue weighted by Gasteiger charge is 2.20. The maximum atomic E-state index is 2.43. The van der Waals surface area contributed by atoms with Crippen molar-refractivity contribution in [2.24, 2.45) is 0 Å². The molecule has 2 nitrogen and oxygen atoms in total. The van der Waals surface area contributed by atoms with Gasteiger partial charge in [0.2, 0.25) is 0 Å². The lowest BCUT2D eigenvalue weighted by Crippen LogP contribution is -2.27. The molecule has 0 aromatic heterocycles. The quantitative estimate of drug-likeness (QED) is 0.187. The van der Waals surface area contributed by atoms with Gasteiger partial charge in [0, 0.05) is 28.4 Å². The van der Waals surface area contributed by atoms with E-state index in [0.29, 0.717) is 0 Å². The van der Waals surface area contributed by atoms with E-state index in [4.69, 9.17) is 0 Å². The van der Waals surface area contributed by atoms with Crippen molar-refractivity contribution in [1.29, 1.82) is 0 Å². The van der Waals surface area contributed by atoms with Gasteiger partial charge >= 0.3 is 0 Å². The molecule has 2 heteroatoms. The van der Waals surface area contributed by atoms with E-state index < -0.39 is 0 Å². The third-order valence-electron chi connectivity index (χ3n) is 8.57. The molecule has 0 saturated carbocycles. The van der Waals surface area contributed by atoms with E-state index in [1.165, 1.54) is 55.9 Å². The lowest BCUT2D eigenvalue weighted by Gasteiger charge is -2.31. The monoisotopic (exact) mass is 586 g/mol. The van der Waals surface area contributed by atoms with Gasteiger partial charge in [-0.15, -0.1) is 0 Å². The summed E-state index contributed by atoms with van der Waals surface area (Å²) in [6, 6.07) is 40.1. The topological polar surface area (TPSA) is 6.48 Å². The molecule has 5 aromatic rings. The predicted octanol–water partition coefficient (Wildman–Crippen LogP) is 11.9. The van der Waals surface area contributed by atoms with Crippen molar-refractivity contribution in [2.75, 3.05) is 9.80 Å². The second-order valence-electron chi connectivity index (χ2n) is 12.4. The first-order valence-electron chi connectivity index (χ1n) is 15.8. The summed E-state index contributed by atoms with van der Waals surface area (Å²) in [5.41, 5.74) is 15.9. The molecule has 1 unspecified atom stereocenters. The van der Waals surface area contributed by atoms with E-state index in [1.54, 1.807) is 0 Å². The average Bonchev–Trinajstić information content (AvgIpc) is 3.22. The van der Waals surface area contributed by atoms with Crippen LogP contribution < -0.4 is 9.80 Å². The first kappa shape index (κ1) is 30.0. The average molecular weight is 587 g/mol. The van der Waals surface area contributed by atoms with E-state index in [0.717, 1.165) is 17.1 Å². The zero-order chi connectivity index (χ0) is 31.5. The van der Waals surface area contributed by atoms with Gasteiger partial charge in [-0.3, -0.25) is 0 Å². The van der Waals surface area contributed by atoms with Crippen molar-refractivity contribution in [2.45, 2.75) is 47.6 Å². The number of benzene rings is 5. The summed E-state index contributed by atoms with van der Waals surface area (Å²) in [4.78, 5) is 4.79. The maximum absolute atomic E-state index is 2.43. The molecule has 1 aliphatic rings. The van der Waals surface area contributed by atoms with Crippen LogP contribution in [0.25, 0.3) is 11.1 Å². The van der Waals surface area contributed by atoms with Crippen molar-refractivity contribution in [1.82, 2.24) is 0 Å². The highest BCUT2D eigenvalue weighted by atomic mass is 15.2. The highest BCUT2D eigenvalue weighted by molar-refractivity contribution is 5.82. The number of nitrogens with zero attached hydrogens (tertiary/aromatic N) is 2. The highest BCUT2D eigenvalue weighted by Crippen LogP contribution is 2.39. The van der Waals surface area contributed by atoms with Crippen molar-refractivity contribution in [3.8, 4) is 11.1 Å². The van der Waals surface area contributed by atoms with Crippen LogP contribution in [-0.4, -0.2) is 6.04 Å². The van der Waals surface area contributed by atoms with Gasteiger partial charge in [-0.25, -0.2) is 0 Å². The molecule has 0 heterocycles. The summed E-state index contributed by atoms with van der Waals surface area (Å²) in [6.07, 6.45) is 11.1. The second-order valence-corrected chi connectivity index (χ2v) is 12.4. The molecule has 5 aromatic carbocycles. The Hall–Kier alpha value is -5.08. The zero-order valence-corrected chi connectivity index (χ0v) is 27.3. The number of hydrogen-bond donors (Lipinski definition) is 0. The largest absolute Gasteiger partial charge is 0.331 e. The third-order valence-corrected chi connectivity index (χ3v) is 8.57. The molecule has 1 aliphatic carbocycles. The molecule has 0 aliphatic heterocycles. The minimum absolute atomic E-state index is 0.112. The third kappa shape index (κ3) is 6.56. The number of allylic oxidation sites excluding steroid dienone is 4. The van der Waals surface area contributed by atoms with E-state index in [9.17, 15) is 0 Å². The van der Waals surface area contributed by atoms with Crippen LogP contribution in [0.2, 0.25) is 0 Å². The van der Waals surface area contributed by atoms with E-state index in [2.05, 4.69) is 191 Å². The lowest BCUT2D eigenvalue weighted by atomic mass is 9.95. The Bertz CT molecular complexity index is 1890. The predicted molar refractivity (Wildman–Crippen MR) is 195 cm³/mol. The summed E-state index contributed by atoms with van der Waals surface area (Å²) in [7, 11) is 0. The Morgan fingerprint density at radius 1 is 0.467 bits per heavy atom. The summed E-state index contributed by atoms with van der Waals surface area (Å²) in [6.45, 7) is 13.1. The zero-order valence-electron chi connectivity index (χ0n) is 27.3. The fourth-order valence-electron chi connectivity index (χ4n) is 6.30. The Morgan fingerprint density at radius 2 is 0.933 bits per heavy atom. The molecular weight excluding hydrogens is 544 g/mol. The minimum atomic E-state index is 0.112. The molecule has 0 radical (unpaired) electrons. The second kappa shape index (κ2) is 12.9. The Kier molecular flexibility index (Phi) is 8.58. The summed E-state index contributed by atoms with van der Waals surface area (Å²) >= 11 is 0. The van der Waals surface area contributed by atoms with E-state index in [-0.39, 0.29) is 6.04 Å². The van der Waals surface area contributed by atoms with Gasteiger partial charge in [0.05, 0.1) is 6.04 Å². The number of hydrogen-bond acceptors (Lipinski definition) is 2. The summed E-state index contributed by atoms with van der Waals surface area (Å²) < 4.78 is 0. The molecule has 0 amide bonds. The van der Waals surface area contributed by atoms with Gasteiger partial charge in [-0.1, -0.05) is 84.5 Å². The first-order valence-corrected chi connectivity index (χ1v) is 15.8. The Labute approximate surface area is 269 Å². The van der Waals surface area contributed by atoms with Gasteiger partial charge < -0.3 is 9.80 Å². The van der Waals surface area contributed by atoms with Crippen molar-refractivity contribution < 1.29 is 0 Å². The van der Waals surface area contributed by atoms with Gasteiger partial charge in [-0.2, -0.15) is 0 Å². The van der Waals surface area contributed by atoms with E-state index >= 15 is 0 Å². The van der Waals surface area contributed by atoms with Crippen LogP contribution >= 0.6 is 0 Å². The van der Waals surface area contributed by atoms with Gasteiger partial charge in [0.1, 0.15) is 0 Å². The number of rotatable bonds is 7. The minimum Gasteiger partial charge on any atom is -0.331 e. The summed E-state index contributed by atoms with van der Waals surface area (Å²) in [5, 5.41) is 0. The van der Waals surface area contributed by atoms with Crippen LogP contribution in [0.1, 0.15) is 34.7 Å². The van der Waals surface area contributed by atoms with E-state index in [1.807, 2.05) is 0 Å². The molecule has 45 heavy (non-hydrogen) atoms. The molecule has 0 bridgehead atoms. The normalized spacial score (nSPS) is 14.2. The first-order chi connectivity index (χ1) is 21.8. The van der Waals surface area contributed by atoms with Crippen LogP contribution in [-0.2, 0) is 0 Å².